The van der Waals surface area contributed by atoms with Gasteiger partial charge in [0, 0.05) is 18.3 Å². The summed E-state index contributed by atoms with van der Waals surface area (Å²) in [5.41, 5.74) is 0.832. The van der Waals surface area contributed by atoms with Gasteiger partial charge in [-0.1, -0.05) is 6.92 Å². The lowest BCUT2D eigenvalue weighted by atomic mass is 10.1. The Hall–Kier alpha value is -1.84. The van der Waals surface area contributed by atoms with Crippen molar-refractivity contribution in [2.24, 2.45) is 5.14 Å². The molecule has 1 saturated heterocycles. The topological polar surface area (TPSA) is 114 Å². The van der Waals surface area contributed by atoms with E-state index in [4.69, 9.17) is 9.88 Å². The Balaban J connectivity index is 2.06. The van der Waals surface area contributed by atoms with Gasteiger partial charge in [-0.3, -0.25) is 9.69 Å². The number of hydrogen-bond acceptors (Lipinski definition) is 6. The summed E-state index contributed by atoms with van der Waals surface area (Å²) in [7, 11) is -2.16. The number of anilines is 1. The van der Waals surface area contributed by atoms with Crippen LogP contribution in [0.4, 0.5) is 5.69 Å². The first-order valence-corrected chi connectivity index (χ1v) is 10.00. The Labute approximate surface area is 148 Å². The van der Waals surface area contributed by atoms with Crippen molar-refractivity contribution in [3.8, 4) is 5.75 Å². The van der Waals surface area contributed by atoms with Crippen LogP contribution < -0.4 is 20.5 Å². The van der Waals surface area contributed by atoms with Gasteiger partial charge in [-0.05, 0) is 44.1 Å². The van der Waals surface area contributed by atoms with Crippen molar-refractivity contribution >= 4 is 21.6 Å². The molecule has 1 atom stereocenters. The van der Waals surface area contributed by atoms with Crippen LogP contribution in [0.5, 0.6) is 5.75 Å². The highest BCUT2D eigenvalue weighted by Gasteiger charge is 2.24. The molecule has 1 aromatic rings. The number of rotatable bonds is 8. The van der Waals surface area contributed by atoms with E-state index in [2.05, 4.69) is 22.5 Å². The second-order valence-corrected chi connectivity index (χ2v) is 7.65. The lowest BCUT2D eigenvalue weighted by Crippen LogP contribution is -2.40. The third-order valence-corrected chi connectivity index (χ3v) is 4.87. The fourth-order valence-electron chi connectivity index (χ4n) is 3.03. The molecular weight excluding hydrogens is 344 g/mol. The minimum Gasteiger partial charge on any atom is -0.496 e. The van der Waals surface area contributed by atoms with Crippen molar-refractivity contribution in [1.29, 1.82) is 0 Å². The molecular formula is C16H26N4O4S. The highest BCUT2D eigenvalue weighted by molar-refractivity contribution is 7.89. The fraction of sp³-hybridized carbons (Fsp3) is 0.562. The normalized spacial score (nSPS) is 18.1. The van der Waals surface area contributed by atoms with Crippen molar-refractivity contribution < 1.29 is 17.9 Å². The number of nitrogens with one attached hydrogen (secondary N) is 2. The molecule has 25 heavy (non-hydrogen) atoms. The molecule has 2 rings (SSSR count). The Morgan fingerprint density at radius 2 is 2.20 bits per heavy atom. The number of sulfonamides is 1. The molecule has 8 nitrogen and oxygen atoms in total. The van der Waals surface area contributed by atoms with Gasteiger partial charge < -0.3 is 15.4 Å². The predicted octanol–water partition coefficient (Wildman–Crippen LogP) is 0.567. The number of likely N-dealkylation sites (N-methyl/N-ethyl adjacent to an activating group) is 1. The van der Waals surface area contributed by atoms with Crippen LogP contribution in [-0.2, 0) is 10.0 Å². The maximum atomic E-state index is 12.5. The summed E-state index contributed by atoms with van der Waals surface area (Å²) in [6.45, 7) is 4.72. The summed E-state index contributed by atoms with van der Waals surface area (Å²) in [6.07, 6.45) is 2.21. The molecule has 0 bridgehead atoms. The highest BCUT2D eigenvalue weighted by Crippen LogP contribution is 2.23. The van der Waals surface area contributed by atoms with Crippen molar-refractivity contribution in [1.82, 2.24) is 10.2 Å². The lowest BCUT2D eigenvalue weighted by molar-refractivity contribution is 0.0938. The predicted molar refractivity (Wildman–Crippen MR) is 97.2 cm³/mol. The largest absolute Gasteiger partial charge is 0.496 e. The van der Waals surface area contributed by atoms with Crippen molar-refractivity contribution in [3.05, 3.63) is 23.8 Å². The minimum atomic E-state index is -3.65. The van der Waals surface area contributed by atoms with Gasteiger partial charge in [0.2, 0.25) is 10.0 Å². The average Bonchev–Trinajstić information content (AvgIpc) is 3.04. The van der Waals surface area contributed by atoms with E-state index >= 15 is 0 Å². The van der Waals surface area contributed by atoms with Crippen LogP contribution in [0.15, 0.2) is 18.2 Å². The van der Waals surface area contributed by atoms with E-state index in [-0.39, 0.29) is 5.91 Å². The monoisotopic (exact) mass is 370 g/mol. The molecule has 0 aliphatic carbocycles. The summed E-state index contributed by atoms with van der Waals surface area (Å²) in [5.74, 6) is -0.232. The maximum absolute atomic E-state index is 12.5. The van der Waals surface area contributed by atoms with E-state index in [0.29, 0.717) is 29.6 Å². The van der Waals surface area contributed by atoms with Crippen LogP contribution >= 0.6 is 0 Å². The average molecular weight is 370 g/mol. The Kier molecular flexibility index (Phi) is 6.63. The standard InChI is InChI=1S/C16H26N4O4S/c1-3-20-8-4-5-13(20)10-18-16(21)14-9-12(6-7-15(14)24-2)19-11-25(17,22)23/h6-7,9,13,19H,3-5,8,10-11H2,1-2H3,(H,18,21)(H2,17,22,23). The first-order valence-electron chi connectivity index (χ1n) is 8.28. The maximum Gasteiger partial charge on any atom is 0.255 e. The first-order chi connectivity index (χ1) is 11.8. The van der Waals surface area contributed by atoms with E-state index in [0.717, 1.165) is 25.9 Å². The Morgan fingerprint density at radius 1 is 1.44 bits per heavy atom. The summed E-state index contributed by atoms with van der Waals surface area (Å²) in [4.78, 5) is 14.9. The zero-order chi connectivity index (χ0) is 18.4. The number of likely N-dealkylation sites (tertiary alicyclic amines) is 1. The molecule has 140 valence electrons. The molecule has 1 aliphatic rings. The zero-order valence-electron chi connectivity index (χ0n) is 14.6. The van der Waals surface area contributed by atoms with Gasteiger partial charge in [0.15, 0.2) is 0 Å². The second-order valence-electron chi connectivity index (χ2n) is 6.03. The summed E-state index contributed by atoms with van der Waals surface area (Å²) in [5, 5.41) is 10.6. The van der Waals surface area contributed by atoms with E-state index in [1.165, 1.54) is 7.11 Å². The van der Waals surface area contributed by atoms with Gasteiger partial charge >= 0.3 is 0 Å². The Bertz CT molecular complexity index is 708. The Morgan fingerprint density at radius 3 is 2.84 bits per heavy atom. The quantitative estimate of drug-likeness (QED) is 0.616. The molecule has 0 aromatic heterocycles. The molecule has 9 heteroatoms. The van der Waals surface area contributed by atoms with Crippen LogP contribution in [0.3, 0.4) is 0 Å². The van der Waals surface area contributed by atoms with Crippen LogP contribution in [0.2, 0.25) is 0 Å². The molecule has 0 saturated carbocycles. The molecule has 0 radical (unpaired) electrons. The van der Waals surface area contributed by atoms with Crippen molar-refractivity contribution in [2.75, 3.05) is 37.9 Å². The van der Waals surface area contributed by atoms with Gasteiger partial charge in [0.25, 0.3) is 5.91 Å². The summed E-state index contributed by atoms with van der Waals surface area (Å²) < 4.78 is 27.4. The van der Waals surface area contributed by atoms with Gasteiger partial charge in [-0.25, -0.2) is 13.6 Å². The van der Waals surface area contributed by atoms with Crippen molar-refractivity contribution in [3.63, 3.8) is 0 Å². The van der Waals surface area contributed by atoms with Gasteiger partial charge in [0.1, 0.15) is 11.6 Å². The van der Waals surface area contributed by atoms with E-state index in [1.54, 1.807) is 18.2 Å². The molecule has 1 heterocycles. The van der Waals surface area contributed by atoms with Gasteiger partial charge in [-0.15, -0.1) is 0 Å². The third kappa shape index (κ3) is 5.58. The second kappa shape index (κ2) is 8.50. The van der Waals surface area contributed by atoms with Crippen LogP contribution in [0.25, 0.3) is 0 Å². The number of primary sulfonamides is 1. The molecule has 1 aliphatic heterocycles. The van der Waals surface area contributed by atoms with Gasteiger partial charge in [-0.2, -0.15) is 0 Å². The number of benzene rings is 1. The molecule has 1 aromatic carbocycles. The highest BCUT2D eigenvalue weighted by atomic mass is 32.2. The number of ether oxygens (including phenoxy) is 1. The van der Waals surface area contributed by atoms with E-state index in [9.17, 15) is 13.2 Å². The number of nitrogens with two attached hydrogens (primary N) is 1. The lowest BCUT2D eigenvalue weighted by Gasteiger charge is -2.23. The third-order valence-electron chi connectivity index (χ3n) is 4.33. The number of nitrogens with zero attached hydrogens (tertiary/aromatic N) is 1. The van der Waals surface area contributed by atoms with Crippen LogP contribution in [0, 0.1) is 0 Å². The van der Waals surface area contributed by atoms with E-state index < -0.39 is 15.9 Å². The molecule has 1 fully saturated rings. The number of carbonyl (C=O) groups excluding carboxylic acids is 1. The SMILES string of the molecule is CCN1CCCC1CNC(=O)c1cc(NCS(N)(=O)=O)ccc1OC. The van der Waals surface area contributed by atoms with E-state index in [1.807, 2.05) is 0 Å². The number of carbonyl (C=O) groups is 1. The van der Waals surface area contributed by atoms with Crippen LogP contribution in [-0.4, -0.2) is 57.9 Å². The molecule has 1 amide bonds. The number of hydrogen-bond donors (Lipinski definition) is 3. The van der Waals surface area contributed by atoms with Crippen LogP contribution in [0.1, 0.15) is 30.1 Å². The summed E-state index contributed by atoms with van der Waals surface area (Å²) >= 11 is 0. The smallest absolute Gasteiger partial charge is 0.255 e. The molecule has 0 spiro atoms. The molecule has 1 unspecified atom stereocenters. The molecule has 4 N–H and O–H groups in total. The number of amides is 1. The fourth-order valence-corrected chi connectivity index (χ4v) is 3.40. The zero-order valence-corrected chi connectivity index (χ0v) is 15.4. The summed E-state index contributed by atoms with van der Waals surface area (Å²) in [6, 6.07) is 5.17. The number of methoxy groups -OCH3 is 1. The first kappa shape index (κ1) is 19.5. The minimum absolute atomic E-state index is 0.251. The van der Waals surface area contributed by atoms with Gasteiger partial charge in [0.05, 0.1) is 12.7 Å². The van der Waals surface area contributed by atoms with Crippen molar-refractivity contribution in [2.45, 2.75) is 25.8 Å².